The van der Waals surface area contributed by atoms with Crippen molar-refractivity contribution in [1.29, 1.82) is 0 Å². The van der Waals surface area contributed by atoms with Crippen molar-refractivity contribution < 1.29 is 33.8 Å². The van der Waals surface area contributed by atoms with E-state index in [0.717, 1.165) is 25.0 Å². The molecule has 1 aliphatic carbocycles. The third-order valence-corrected chi connectivity index (χ3v) is 9.84. The molecule has 3 aliphatic rings. The Hall–Kier alpha value is -3.08. The number of carbonyl (C=O) groups excluding carboxylic acids is 5. The highest BCUT2D eigenvalue weighted by molar-refractivity contribution is 8.00. The van der Waals surface area contributed by atoms with Crippen LogP contribution >= 0.6 is 11.8 Å². The number of nitrogens with one attached hydrogen (secondary N) is 6. The van der Waals surface area contributed by atoms with Gasteiger partial charge in [-0.2, -0.15) is 11.8 Å². The number of alkyl carbamates (subject to hydrolysis) is 1. The Balaban J connectivity index is 1.23. The summed E-state index contributed by atoms with van der Waals surface area (Å²) in [6.45, 7) is 1.07. The molecule has 0 aromatic rings. The minimum absolute atomic E-state index is 0.0321. The van der Waals surface area contributed by atoms with Gasteiger partial charge >= 0.3 is 12.1 Å². The Kier molecular flexibility index (Phi) is 15.2. The molecule has 11 N–H and O–H groups in total. The summed E-state index contributed by atoms with van der Waals surface area (Å²) in [6.07, 6.45) is 8.74. The van der Waals surface area contributed by atoms with Gasteiger partial charge in [0.05, 0.1) is 18.1 Å². The number of urea groups is 1. The predicted octanol–water partition coefficient (Wildman–Crippen LogP) is -0.222. The Bertz CT molecular complexity index is 1050. The van der Waals surface area contributed by atoms with Gasteiger partial charge in [-0.1, -0.05) is 12.5 Å². The second kappa shape index (κ2) is 18.8. The SMILES string of the molecule is NNC(=O)C(N)CCCCNC(=O)O[C@H]1/C=C/CC[C@@](O)(C(=O)NCCCNC(=O)CCCCC2SCC3NC(=O)NC32)CC1. The zero-order valence-corrected chi connectivity index (χ0v) is 26.6. The van der Waals surface area contributed by atoms with Gasteiger partial charge < -0.3 is 42.2 Å². The lowest BCUT2D eigenvalue weighted by Gasteiger charge is -2.29. The molecule has 2 aliphatic heterocycles. The molecule has 4 unspecified atom stereocenters. The van der Waals surface area contributed by atoms with Crippen LogP contribution in [0, 0.1) is 0 Å². The van der Waals surface area contributed by atoms with Crippen LogP contribution in [0.1, 0.15) is 77.0 Å². The van der Waals surface area contributed by atoms with E-state index in [-0.39, 0.29) is 43.3 Å². The second-order valence-corrected chi connectivity index (χ2v) is 13.1. The summed E-state index contributed by atoms with van der Waals surface area (Å²) in [7, 11) is 0. The minimum Gasteiger partial charge on any atom is -0.442 e. The zero-order chi connectivity index (χ0) is 32.7. The lowest BCUT2D eigenvalue weighted by Crippen LogP contribution is -2.48. The minimum atomic E-state index is -1.59. The van der Waals surface area contributed by atoms with E-state index in [1.807, 2.05) is 17.2 Å². The lowest BCUT2D eigenvalue weighted by atomic mass is 9.87. The van der Waals surface area contributed by atoms with Crippen molar-refractivity contribution in [2.45, 2.75) is 112 Å². The van der Waals surface area contributed by atoms with Crippen LogP contribution in [0.25, 0.3) is 0 Å². The first kappa shape index (κ1) is 36.4. The number of aliphatic hydroxyl groups is 1. The van der Waals surface area contributed by atoms with Crippen molar-refractivity contribution >= 4 is 41.6 Å². The van der Waals surface area contributed by atoms with Gasteiger partial charge in [-0.3, -0.25) is 19.8 Å². The highest BCUT2D eigenvalue weighted by atomic mass is 32.2. The number of fused-ring (bicyclic) bond motifs is 1. The summed E-state index contributed by atoms with van der Waals surface area (Å²) in [4.78, 5) is 60.1. The third kappa shape index (κ3) is 12.3. The van der Waals surface area contributed by atoms with E-state index in [4.69, 9.17) is 16.3 Å². The molecule has 0 aromatic heterocycles. The maximum atomic E-state index is 12.8. The van der Waals surface area contributed by atoms with Gasteiger partial charge in [-0.05, 0) is 70.3 Å². The van der Waals surface area contributed by atoms with E-state index in [0.29, 0.717) is 63.4 Å². The maximum absolute atomic E-state index is 12.8. The van der Waals surface area contributed by atoms with Crippen molar-refractivity contribution in [2.75, 3.05) is 25.4 Å². The zero-order valence-electron chi connectivity index (χ0n) is 25.8. The van der Waals surface area contributed by atoms with Gasteiger partial charge in [0.1, 0.15) is 11.7 Å². The monoisotopic (exact) mass is 654 g/mol. The average Bonchev–Trinajstić information content (AvgIpc) is 3.56. The molecule has 254 valence electrons. The van der Waals surface area contributed by atoms with Gasteiger partial charge in [-0.15, -0.1) is 0 Å². The fourth-order valence-corrected chi connectivity index (χ4v) is 7.18. The topological polar surface area (TPSA) is 239 Å². The molecule has 0 saturated carbocycles. The molecule has 6 amide bonds. The van der Waals surface area contributed by atoms with E-state index in [1.54, 1.807) is 12.2 Å². The molecule has 2 fully saturated rings. The number of ether oxygens (including phenoxy) is 1. The van der Waals surface area contributed by atoms with Crippen molar-refractivity contribution in [3.05, 3.63) is 12.2 Å². The van der Waals surface area contributed by atoms with Gasteiger partial charge in [-0.25, -0.2) is 15.4 Å². The number of hydrogen-bond donors (Lipinski definition) is 9. The summed E-state index contributed by atoms with van der Waals surface area (Å²) in [5, 5.41) is 25.7. The smallest absolute Gasteiger partial charge is 0.407 e. The second-order valence-electron chi connectivity index (χ2n) is 11.8. The van der Waals surface area contributed by atoms with Gasteiger partial charge in [0.15, 0.2) is 0 Å². The van der Waals surface area contributed by atoms with Crippen molar-refractivity contribution in [3.8, 4) is 0 Å². The first-order chi connectivity index (χ1) is 21.6. The van der Waals surface area contributed by atoms with Crippen LogP contribution in [0.2, 0.25) is 0 Å². The fourth-order valence-electron chi connectivity index (χ4n) is 5.64. The molecule has 2 saturated heterocycles. The number of carbonyl (C=O) groups is 5. The summed E-state index contributed by atoms with van der Waals surface area (Å²) < 4.78 is 5.46. The van der Waals surface area contributed by atoms with Gasteiger partial charge in [0, 0.05) is 37.1 Å². The standard InChI is InChI=1S/C29H50N8O7S/c30-20(25(39)37-31)9-4-6-15-34-28(42)44-19-8-3-5-13-29(43,14-12-19)26(40)33-17-7-16-32-23(38)11-2-1-10-22-24-21(18-45-22)35-27(41)36-24/h3,8,19-22,24,43H,1-2,4-7,9-18,30-31H2,(H,32,38)(H,33,40)(H,34,42)(H,37,39)(H2,35,36,41)/b8-3+/t19-,20?,21?,22?,24?,29-/m0/s1. The molecular weight excluding hydrogens is 604 g/mol. The van der Waals surface area contributed by atoms with Crippen molar-refractivity contribution in [3.63, 3.8) is 0 Å². The number of thioether (sulfide) groups is 1. The number of allylic oxidation sites excluding steroid dienone is 1. The molecule has 0 radical (unpaired) electrons. The summed E-state index contributed by atoms with van der Waals surface area (Å²) >= 11 is 1.87. The number of nitrogens with two attached hydrogens (primary N) is 2. The number of unbranched alkanes of at least 4 members (excludes halogenated alkanes) is 2. The van der Waals surface area contributed by atoms with Crippen LogP contribution in [0.3, 0.4) is 0 Å². The van der Waals surface area contributed by atoms with Gasteiger partial charge in [0.25, 0.3) is 11.8 Å². The van der Waals surface area contributed by atoms with Crippen LogP contribution in [-0.2, 0) is 19.1 Å². The predicted molar refractivity (Wildman–Crippen MR) is 170 cm³/mol. The molecule has 16 heteroatoms. The normalized spacial score (nSPS) is 27.0. The Labute approximate surface area is 268 Å². The van der Waals surface area contributed by atoms with Crippen LogP contribution in [-0.4, -0.2) is 95.4 Å². The summed E-state index contributed by atoms with van der Waals surface area (Å²) in [6, 6.07) is -0.403. The molecule has 0 spiro atoms. The molecule has 6 atom stereocenters. The number of hydrazine groups is 1. The largest absolute Gasteiger partial charge is 0.442 e. The fraction of sp³-hybridized carbons (Fsp3) is 0.759. The van der Waals surface area contributed by atoms with E-state index < -0.39 is 35.7 Å². The Morgan fingerprint density at radius 3 is 2.62 bits per heavy atom. The number of rotatable bonds is 17. The van der Waals surface area contributed by atoms with Crippen LogP contribution in [0.5, 0.6) is 0 Å². The molecule has 0 bridgehead atoms. The maximum Gasteiger partial charge on any atom is 0.407 e. The molecule has 2 heterocycles. The molecule has 45 heavy (non-hydrogen) atoms. The molecular formula is C29H50N8O7S. The van der Waals surface area contributed by atoms with Gasteiger partial charge in [0.2, 0.25) is 5.91 Å². The number of hydrogen-bond acceptors (Lipinski definition) is 10. The number of amides is 6. The first-order valence-corrected chi connectivity index (χ1v) is 17.0. The van der Waals surface area contributed by atoms with E-state index in [9.17, 15) is 29.1 Å². The molecule has 15 nitrogen and oxygen atoms in total. The summed E-state index contributed by atoms with van der Waals surface area (Å²) in [5.41, 5.74) is 6.09. The van der Waals surface area contributed by atoms with Crippen molar-refractivity contribution in [2.24, 2.45) is 11.6 Å². The average molecular weight is 655 g/mol. The highest BCUT2D eigenvalue weighted by Crippen LogP contribution is 2.33. The quantitative estimate of drug-likeness (QED) is 0.0249. The third-order valence-electron chi connectivity index (χ3n) is 8.33. The first-order valence-electron chi connectivity index (χ1n) is 15.9. The van der Waals surface area contributed by atoms with E-state index in [1.165, 1.54) is 0 Å². The summed E-state index contributed by atoms with van der Waals surface area (Å²) in [5.74, 6) is 5.03. The van der Waals surface area contributed by atoms with Crippen molar-refractivity contribution in [1.82, 2.24) is 32.0 Å². The van der Waals surface area contributed by atoms with Crippen LogP contribution in [0.15, 0.2) is 12.2 Å². The highest BCUT2D eigenvalue weighted by Gasteiger charge is 2.42. The lowest BCUT2D eigenvalue weighted by molar-refractivity contribution is -0.141. The molecule has 3 rings (SSSR count). The Morgan fingerprint density at radius 2 is 1.82 bits per heavy atom. The Morgan fingerprint density at radius 1 is 1.04 bits per heavy atom. The van der Waals surface area contributed by atoms with E-state index >= 15 is 0 Å². The van der Waals surface area contributed by atoms with Crippen LogP contribution < -0.4 is 43.6 Å². The van der Waals surface area contributed by atoms with E-state index in [2.05, 4.69) is 26.6 Å². The van der Waals surface area contributed by atoms with Crippen LogP contribution in [0.4, 0.5) is 9.59 Å². The molecule has 0 aromatic carbocycles.